The Kier molecular flexibility index (Phi) is 6.77. The largest absolute Gasteiger partial charge is 0.320 e. The van der Waals surface area contributed by atoms with Crippen molar-refractivity contribution < 1.29 is 0 Å². The summed E-state index contributed by atoms with van der Waals surface area (Å²) in [6.07, 6.45) is 10.9. The van der Waals surface area contributed by atoms with Gasteiger partial charge >= 0.3 is 0 Å². The van der Waals surface area contributed by atoms with Crippen LogP contribution in [0.1, 0.15) is 56.1 Å². The number of rotatable bonds is 6. The molecule has 1 N–H and O–H groups in total. The molecule has 0 unspecified atom stereocenters. The molecule has 3 heteroatoms. The number of aryl methyl sites for hydroxylation is 2. The maximum absolute atomic E-state index is 3.74. The SMILES string of the molecule is CNCCC1(CCc2cc(Br)c(C)cc2Br)CCCCC1. The predicted molar refractivity (Wildman–Crippen MR) is 99.0 cm³/mol. The molecule has 1 saturated carbocycles. The Morgan fingerprint density at radius 2 is 1.76 bits per heavy atom. The Morgan fingerprint density at radius 1 is 1.05 bits per heavy atom. The van der Waals surface area contributed by atoms with Crippen LogP contribution >= 0.6 is 31.9 Å². The molecule has 1 aliphatic carbocycles. The van der Waals surface area contributed by atoms with Gasteiger partial charge in [0.1, 0.15) is 0 Å². The molecule has 0 heterocycles. The first kappa shape index (κ1) is 17.5. The maximum Gasteiger partial charge on any atom is 0.0210 e. The number of nitrogens with one attached hydrogen (secondary N) is 1. The molecule has 0 spiro atoms. The predicted octanol–water partition coefficient (Wildman–Crippen LogP) is 6.01. The van der Waals surface area contributed by atoms with Gasteiger partial charge < -0.3 is 5.32 Å². The van der Waals surface area contributed by atoms with Gasteiger partial charge in [0.25, 0.3) is 0 Å². The molecule has 0 aliphatic heterocycles. The first-order chi connectivity index (χ1) is 10.1. The minimum Gasteiger partial charge on any atom is -0.320 e. The van der Waals surface area contributed by atoms with Gasteiger partial charge in [-0.1, -0.05) is 51.1 Å². The molecule has 118 valence electrons. The van der Waals surface area contributed by atoms with E-state index >= 15 is 0 Å². The molecule has 1 nitrogen and oxygen atoms in total. The number of hydrogen-bond donors (Lipinski definition) is 1. The van der Waals surface area contributed by atoms with Gasteiger partial charge in [-0.2, -0.15) is 0 Å². The maximum atomic E-state index is 3.74. The Labute approximate surface area is 146 Å². The third kappa shape index (κ3) is 4.80. The van der Waals surface area contributed by atoms with Gasteiger partial charge in [-0.3, -0.25) is 0 Å². The van der Waals surface area contributed by atoms with Crippen molar-refractivity contribution in [2.24, 2.45) is 5.41 Å². The van der Waals surface area contributed by atoms with Crippen LogP contribution in [-0.2, 0) is 6.42 Å². The van der Waals surface area contributed by atoms with Gasteiger partial charge in [-0.15, -0.1) is 0 Å². The lowest BCUT2D eigenvalue weighted by Gasteiger charge is -2.38. The fourth-order valence-electron chi connectivity index (χ4n) is 3.60. The molecule has 0 amide bonds. The van der Waals surface area contributed by atoms with Crippen LogP contribution in [0.4, 0.5) is 0 Å². The van der Waals surface area contributed by atoms with E-state index in [1.54, 1.807) is 0 Å². The van der Waals surface area contributed by atoms with Crippen LogP contribution in [0.15, 0.2) is 21.1 Å². The van der Waals surface area contributed by atoms with Crippen LogP contribution in [0, 0.1) is 12.3 Å². The van der Waals surface area contributed by atoms with Gasteiger partial charge in [-0.05, 0) is 81.3 Å². The van der Waals surface area contributed by atoms with Crippen molar-refractivity contribution in [3.8, 4) is 0 Å². The van der Waals surface area contributed by atoms with Crippen molar-refractivity contribution in [3.05, 3.63) is 32.2 Å². The molecule has 1 fully saturated rings. The van der Waals surface area contributed by atoms with Gasteiger partial charge in [0, 0.05) is 8.95 Å². The summed E-state index contributed by atoms with van der Waals surface area (Å²) in [4.78, 5) is 0. The molecule has 1 aromatic carbocycles. The molecule has 1 aromatic rings. The molecule has 1 aliphatic rings. The summed E-state index contributed by atoms with van der Waals surface area (Å²) in [6.45, 7) is 3.30. The van der Waals surface area contributed by atoms with Crippen molar-refractivity contribution in [1.29, 1.82) is 0 Å². The van der Waals surface area contributed by atoms with E-state index in [1.165, 1.54) is 71.4 Å². The van der Waals surface area contributed by atoms with Crippen LogP contribution < -0.4 is 5.32 Å². The minimum atomic E-state index is 0.568. The van der Waals surface area contributed by atoms with E-state index in [2.05, 4.69) is 63.3 Å². The molecular weight excluding hydrogens is 390 g/mol. The third-order valence-corrected chi connectivity index (χ3v) is 6.66. The molecular formula is C18H27Br2N. The molecule has 0 atom stereocenters. The van der Waals surface area contributed by atoms with Crippen molar-refractivity contribution in [2.45, 2.75) is 58.3 Å². The molecule has 0 saturated heterocycles. The Morgan fingerprint density at radius 3 is 2.43 bits per heavy atom. The van der Waals surface area contributed by atoms with Crippen LogP contribution in [0.2, 0.25) is 0 Å². The summed E-state index contributed by atoms with van der Waals surface area (Å²) in [6, 6.07) is 4.54. The van der Waals surface area contributed by atoms with E-state index in [-0.39, 0.29) is 0 Å². The monoisotopic (exact) mass is 415 g/mol. The van der Waals surface area contributed by atoms with E-state index in [4.69, 9.17) is 0 Å². The highest BCUT2D eigenvalue weighted by molar-refractivity contribution is 9.11. The first-order valence-corrected chi connectivity index (χ1v) is 9.74. The van der Waals surface area contributed by atoms with Crippen LogP contribution in [0.5, 0.6) is 0 Å². The Hall–Kier alpha value is 0.140. The smallest absolute Gasteiger partial charge is 0.0210 e. The van der Waals surface area contributed by atoms with Gasteiger partial charge in [0.15, 0.2) is 0 Å². The zero-order chi connectivity index (χ0) is 15.3. The van der Waals surface area contributed by atoms with Crippen LogP contribution in [0.25, 0.3) is 0 Å². The average molecular weight is 417 g/mol. The zero-order valence-corrected chi connectivity index (χ0v) is 16.4. The first-order valence-electron chi connectivity index (χ1n) is 8.15. The molecule has 0 aromatic heterocycles. The highest BCUT2D eigenvalue weighted by atomic mass is 79.9. The summed E-state index contributed by atoms with van der Waals surface area (Å²) in [7, 11) is 2.07. The van der Waals surface area contributed by atoms with Crippen molar-refractivity contribution in [1.82, 2.24) is 5.32 Å². The standard InChI is InChI=1S/C18H27Br2N/c1-14-12-17(20)15(13-16(14)19)6-9-18(10-11-21-2)7-4-3-5-8-18/h12-13,21H,3-11H2,1-2H3. The lowest BCUT2D eigenvalue weighted by molar-refractivity contribution is 0.157. The van der Waals surface area contributed by atoms with Gasteiger partial charge in [0.2, 0.25) is 0 Å². The molecule has 2 rings (SSSR count). The van der Waals surface area contributed by atoms with Gasteiger partial charge in [-0.25, -0.2) is 0 Å². The summed E-state index contributed by atoms with van der Waals surface area (Å²) in [5.41, 5.74) is 3.31. The third-order valence-electron chi connectivity index (χ3n) is 5.07. The Balaban J connectivity index is 2.06. The van der Waals surface area contributed by atoms with Crippen molar-refractivity contribution in [3.63, 3.8) is 0 Å². The molecule has 0 radical (unpaired) electrons. The second-order valence-corrected chi connectivity index (χ2v) is 8.32. The lowest BCUT2D eigenvalue weighted by Crippen LogP contribution is -2.29. The summed E-state index contributed by atoms with van der Waals surface area (Å²) < 4.78 is 2.50. The number of hydrogen-bond acceptors (Lipinski definition) is 1. The molecule has 21 heavy (non-hydrogen) atoms. The fraction of sp³-hybridized carbons (Fsp3) is 0.667. The van der Waals surface area contributed by atoms with Gasteiger partial charge in [0.05, 0.1) is 0 Å². The quantitative estimate of drug-likeness (QED) is 0.598. The van der Waals surface area contributed by atoms with E-state index < -0.39 is 0 Å². The zero-order valence-electron chi connectivity index (χ0n) is 13.3. The normalized spacial score (nSPS) is 17.9. The number of halogens is 2. The van der Waals surface area contributed by atoms with E-state index in [9.17, 15) is 0 Å². The fourth-order valence-corrected chi connectivity index (χ4v) is 4.64. The minimum absolute atomic E-state index is 0.568. The Bertz CT molecular complexity index is 465. The van der Waals surface area contributed by atoms with Crippen molar-refractivity contribution in [2.75, 3.05) is 13.6 Å². The van der Waals surface area contributed by atoms with Crippen LogP contribution in [0.3, 0.4) is 0 Å². The molecule has 0 bridgehead atoms. The van der Waals surface area contributed by atoms with E-state index in [0.29, 0.717) is 5.41 Å². The van der Waals surface area contributed by atoms with E-state index in [0.717, 1.165) is 6.54 Å². The van der Waals surface area contributed by atoms with Crippen molar-refractivity contribution >= 4 is 31.9 Å². The second kappa shape index (κ2) is 8.12. The summed E-state index contributed by atoms with van der Waals surface area (Å²) in [5, 5.41) is 3.35. The number of benzene rings is 1. The van der Waals surface area contributed by atoms with E-state index in [1.807, 2.05) is 0 Å². The summed E-state index contributed by atoms with van der Waals surface area (Å²) in [5.74, 6) is 0. The average Bonchev–Trinajstić information content (AvgIpc) is 2.49. The topological polar surface area (TPSA) is 12.0 Å². The highest BCUT2D eigenvalue weighted by Gasteiger charge is 2.31. The van der Waals surface area contributed by atoms with Crippen LogP contribution in [-0.4, -0.2) is 13.6 Å². The highest BCUT2D eigenvalue weighted by Crippen LogP contribution is 2.43. The lowest BCUT2D eigenvalue weighted by atomic mass is 9.68. The second-order valence-electron chi connectivity index (χ2n) is 6.61. The summed E-state index contributed by atoms with van der Waals surface area (Å²) >= 11 is 7.41.